The van der Waals surface area contributed by atoms with Crippen LogP contribution in [0.4, 0.5) is 0 Å². The van der Waals surface area contributed by atoms with E-state index < -0.39 is 0 Å². The van der Waals surface area contributed by atoms with Crippen LogP contribution in [0.1, 0.15) is 11.1 Å². The predicted octanol–water partition coefficient (Wildman–Crippen LogP) is 3.03. The lowest BCUT2D eigenvalue weighted by Crippen LogP contribution is -1.85. The van der Waals surface area contributed by atoms with Crippen molar-refractivity contribution < 1.29 is 0 Å². The summed E-state index contributed by atoms with van der Waals surface area (Å²) in [6, 6.07) is 5.90. The summed E-state index contributed by atoms with van der Waals surface area (Å²) in [7, 11) is 0. The van der Waals surface area contributed by atoms with E-state index in [0.717, 1.165) is 17.0 Å². The van der Waals surface area contributed by atoms with E-state index in [-0.39, 0.29) is 0 Å². The number of hydrogen-bond donors (Lipinski definition) is 0. The first-order valence-corrected chi connectivity index (χ1v) is 3.66. The molecule has 0 saturated heterocycles. The van der Waals surface area contributed by atoms with Gasteiger partial charge in [0.1, 0.15) is 0 Å². The average molecular weight is 154 g/mol. The molecule has 0 aliphatic rings. The largest absolute Gasteiger partial charge is 0.0840 e. The molecular weight excluding hydrogens is 144 g/mol. The Labute approximate surface area is 66.8 Å². The fraction of sp³-hybridized carbons (Fsp3) is 0.222. The molecule has 53 valence electrons. The minimum atomic E-state index is 0.812. The highest BCUT2D eigenvalue weighted by Crippen LogP contribution is 2.18. The molecule has 0 spiro atoms. The van der Waals surface area contributed by atoms with Crippen LogP contribution in [0.5, 0.6) is 0 Å². The smallest absolute Gasteiger partial charge is 0.0437 e. The Morgan fingerprint density at radius 1 is 1.50 bits per heavy atom. The maximum atomic E-state index is 5.86. The molecule has 0 bridgehead atoms. The van der Waals surface area contributed by atoms with Crippen LogP contribution < -0.4 is 0 Å². The fourth-order valence-electron chi connectivity index (χ4n) is 0.923. The topological polar surface area (TPSA) is 0 Å². The molecule has 0 saturated carbocycles. The number of rotatable bonds is 1. The van der Waals surface area contributed by atoms with Crippen LogP contribution >= 0.6 is 11.6 Å². The molecule has 0 atom stereocenters. The molecule has 0 aromatic heterocycles. The van der Waals surface area contributed by atoms with Crippen LogP contribution in [0.3, 0.4) is 0 Å². The van der Waals surface area contributed by atoms with Gasteiger partial charge in [0.25, 0.3) is 0 Å². The molecule has 10 heavy (non-hydrogen) atoms. The van der Waals surface area contributed by atoms with Crippen molar-refractivity contribution >= 4 is 11.6 Å². The number of benzene rings is 1. The van der Waals surface area contributed by atoms with E-state index in [2.05, 4.69) is 6.92 Å². The minimum absolute atomic E-state index is 0.812. The van der Waals surface area contributed by atoms with Crippen LogP contribution in [0, 0.1) is 13.8 Å². The zero-order valence-electron chi connectivity index (χ0n) is 6.02. The van der Waals surface area contributed by atoms with Crippen LogP contribution in [0.25, 0.3) is 0 Å². The van der Waals surface area contributed by atoms with Crippen molar-refractivity contribution in [2.24, 2.45) is 0 Å². The summed E-state index contributed by atoms with van der Waals surface area (Å²) in [6.07, 6.45) is 0.812. The van der Waals surface area contributed by atoms with Crippen LogP contribution in [-0.2, 0) is 6.42 Å². The van der Waals surface area contributed by atoms with E-state index in [0.29, 0.717) is 0 Å². The Hall–Kier alpha value is -0.490. The Bertz CT molecular complexity index is 228. The molecule has 1 aromatic rings. The first kappa shape index (κ1) is 7.62. The van der Waals surface area contributed by atoms with Gasteiger partial charge in [0.05, 0.1) is 0 Å². The maximum absolute atomic E-state index is 5.86. The molecule has 0 aliphatic carbocycles. The first-order chi connectivity index (χ1) is 4.75. The molecule has 0 heterocycles. The van der Waals surface area contributed by atoms with Gasteiger partial charge in [0.15, 0.2) is 0 Å². The lowest BCUT2D eigenvalue weighted by molar-refractivity contribution is 1.21. The third kappa shape index (κ3) is 1.32. The summed E-state index contributed by atoms with van der Waals surface area (Å²) in [5.74, 6) is 0. The zero-order chi connectivity index (χ0) is 7.56. The third-order valence-corrected chi connectivity index (χ3v) is 2.06. The molecule has 0 nitrogen and oxygen atoms in total. The molecule has 0 amide bonds. The van der Waals surface area contributed by atoms with Crippen molar-refractivity contribution in [2.75, 3.05) is 0 Å². The van der Waals surface area contributed by atoms with Gasteiger partial charge in [-0.3, -0.25) is 0 Å². The Morgan fingerprint density at radius 2 is 2.20 bits per heavy atom. The second-order valence-electron chi connectivity index (χ2n) is 2.27. The van der Waals surface area contributed by atoms with Crippen molar-refractivity contribution in [2.45, 2.75) is 13.3 Å². The standard InChI is InChI=1S/C9H10Cl/c1-3-8-5-4-6-9(10)7(8)2/h4-6H,1,3H2,2H3. The normalized spacial score (nSPS) is 9.90. The summed E-state index contributed by atoms with van der Waals surface area (Å²) in [5.41, 5.74) is 2.38. The van der Waals surface area contributed by atoms with Crippen LogP contribution in [0.2, 0.25) is 5.02 Å². The molecule has 1 aromatic carbocycles. The van der Waals surface area contributed by atoms with Gasteiger partial charge in [-0.15, -0.1) is 0 Å². The SMILES string of the molecule is [CH2]Cc1cccc(Cl)c1C. The molecule has 1 radical (unpaired) electrons. The van der Waals surface area contributed by atoms with Crippen molar-refractivity contribution in [3.8, 4) is 0 Å². The van der Waals surface area contributed by atoms with Crippen molar-refractivity contribution in [3.63, 3.8) is 0 Å². The number of hydrogen-bond acceptors (Lipinski definition) is 0. The van der Waals surface area contributed by atoms with Crippen molar-refractivity contribution in [3.05, 3.63) is 41.3 Å². The first-order valence-electron chi connectivity index (χ1n) is 3.29. The third-order valence-electron chi connectivity index (χ3n) is 1.65. The maximum Gasteiger partial charge on any atom is 0.0437 e. The van der Waals surface area contributed by atoms with Gasteiger partial charge in [-0.1, -0.05) is 23.7 Å². The van der Waals surface area contributed by atoms with Gasteiger partial charge in [-0.2, -0.15) is 0 Å². The lowest BCUT2D eigenvalue weighted by Gasteiger charge is -2.02. The lowest BCUT2D eigenvalue weighted by atomic mass is 10.1. The minimum Gasteiger partial charge on any atom is -0.0840 e. The average Bonchev–Trinajstić information content (AvgIpc) is 1.95. The second-order valence-corrected chi connectivity index (χ2v) is 2.68. The van der Waals surface area contributed by atoms with Crippen LogP contribution in [-0.4, -0.2) is 0 Å². The van der Waals surface area contributed by atoms with E-state index in [1.807, 2.05) is 25.1 Å². The van der Waals surface area contributed by atoms with E-state index in [1.165, 1.54) is 5.56 Å². The Balaban J connectivity index is 3.14. The van der Waals surface area contributed by atoms with Crippen molar-refractivity contribution in [1.29, 1.82) is 0 Å². The fourth-order valence-corrected chi connectivity index (χ4v) is 1.12. The van der Waals surface area contributed by atoms with Gasteiger partial charge in [0, 0.05) is 5.02 Å². The van der Waals surface area contributed by atoms with E-state index in [9.17, 15) is 0 Å². The molecule has 0 unspecified atom stereocenters. The molecule has 1 heteroatoms. The van der Waals surface area contributed by atoms with Gasteiger partial charge >= 0.3 is 0 Å². The Kier molecular flexibility index (Phi) is 2.34. The van der Waals surface area contributed by atoms with Crippen molar-refractivity contribution in [1.82, 2.24) is 0 Å². The molecule has 0 fully saturated rings. The van der Waals surface area contributed by atoms with Crippen LogP contribution in [0.15, 0.2) is 18.2 Å². The summed E-state index contributed by atoms with van der Waals surface area (Å²) >= 11 is 5.86. The highest BCUT2D eigenvalue weighted by Gasteiger charge is 1.97. The molecule has 0 N–H and O–H groups in total. The molecule has 1 rings (SSSR count). The van der Waals surface area contributed by atoms with Gasteiger partial charge in [-0.05, 0) is 37.5 Å². The van der Waals surface area contributed by atoms with E-state index >= 15 is 0 Å². The van der Waals surface area contributed by atoms with E-state index in [1.54, 1.807) is 0 Å². The monoisotopic (exact) mass is 153 g/mol. The molecular formula is C9H10Cl. The summed E-state index contributed by atoms with van der Waals surface area (Å²) in [4.78, 5) is 0. The van der Waals surface area contributed by atoms with Gasteiger partial charge in [-0.25, -0.2) is 0 Å². The number of halogens is 1. The van der Waals surface area contributed by atoms with Gasteiger partial charge < -0.3 is 0 Å². The van der Waals surface area contributed by atoms with E-state index in [4.69, 9.17) is 11.6 Å². The predicted molar refractivity (Wildman–Crippen MR) is 45.3 cm³/mol. The summed E-state index contributed by atoms with van der Waals surface area (Å²) in [5, 5.41) is 0.834. The highest BCUT2D eigenvalue weighted by atomic mass is 35.5. The quantitative estimate of drug-likeness (QED) is 0.582. The second kappa shape index (κ2) is 3.07. The zero-order valence-corrected chi connectivity index (χ0v) is 6.78. The summed E-state index contributed by atoms with van der Waals surface area (Å²) in [6.45, 7) is 5.82. The van der Waals surface area contributed by atoms with Gasteiger partial charge in [0.2, 0.25) is 0 Å². The highest BCUT2D eigenvalue weighted by molar-refractivity contribution is 6.31. The molecule has 0 aliphatic heterocycles. The summed E-state index contributed by atoms with van der Waals surface area (Å²) < 4.78 is 0. The Morgan fingerprint density at radius 3 is 2.70 bits per heavy atom.